The van der Waals surface area contributed by atoms with Gasteiger partial charge in [-0.3, -0.25) is 4.70 Å². The number of rotatable bonds is 5. The van der Waals surface area contributed by atoms with Crippen molar-refractivity contribution in [3.05, 3.63) is 133 Å². The summed E-state index contributed by atoms with van der Waals surface area (Å²) in [7, 11) is 1.69. The second-order valence-corrected chi connectivity index (χ2v) is 14.0. The summed E-state index contributed by atoms with van der Waals surface area (Å²) in [5.74, 6) is 0.732. The average Bonchev–Trinajstić information content (AvgIpc) is 2.97. The summed E-state index contributed by atoms with van der Waals surface area (Å²) in [6.45, 7) is -2.59. The first-order chi connectivity index (χ1) is 18.0. The first-order valence-corrected chi connectivity index (χ1v) is 15.0. The topological polar surface area (TPSA) is 9.23 Å². The van der Waals surface area contributed by atoms with E-state index in [9.17, 15) is 0 Å². The first kappa shape index (κ1) is 25.6. The molecule has 38 heavy (non-hydrogen) atoms. The van der Waals surface area contributed by atoms with Crippen molar-refractivity contribution in [2.24, 2.45) is 0 Å². The monoisotopic (exact) mass is 522 g/mol. The van der Waals surface area contributed by atoms with Crippen molar-refractivity contribution in [1.29, 1.82) is 0 Å². The Morgan fingerprint density at radius 2 is 0.974 bits per heavy atom. The van der Waals surface area contributed by atoms with Gasteiger partial charge in [-0.05, 0) is 0 Å². The standard InChI is InChI=1S/C34H28FOP.FH/c1-36-31-23-21-25-13-9-11-19-29(25)33(31)34-30-20-12-10-14-26(30)22-24-32(34)37(2,35,27-15-5-3-6-16-27)28-17-7-4-8-18-28;/h3-24H,1-2H3;1H. The van der Waals surface area contributed by atoms with E-state index in [2.05, 4.69) is 36.4 Å². The van der Waals surface area contributed by atoms with Crippen molar-refractivity contribution < 1.29 is 13.6 Å². The van der Waals surface area contributed by atoms with Gasteiger partial charge in [-0.2, -0.15) is 0 Å². The van der Waals surface area contributed by atoms with E-state index in [0.29, 0.717) is 15.9 Å². The third-order valence-electron chi connectivity index (χ3n) is 7.58. The predicted molar refractivity (Wildman–Crippen MR) is 162 cm³/mol. The van der Waals surface area contributed by atoms with Crippen LogP contribution in [0.5, 0.6) is 5.75 Å². The number of hydrogen-bond donors (Lipinski definition) is 0. The van der Waals surface area contributed by atoms with Gasteiger partial charge in [-0.15, -0.1) is 0 Å². The quantitative estimate of drug-likeness (QED) is 0.208. The Balaban J connectivity index is 0.00000294. The van der Waals surface area contributed by atoms with E-state index in [1.54, 1.807) is 7.11 Å². The molecule has 0 fully saturated rings. The molecule has 6 aromatic carbocycles. The molecule has 6 aromatic rings. The normalized spacial score (nSPS) is 12.4. The summed E-state index contributed by atoms with van der Waals surface area (Å²) in [5, 5.41) is 6.32. The van der Waals surface area contributed by atoms with Gasteiger partial charge in [0.2, 0.25) is 0 Å². The van der Waals surface area contributed by atoms with Gasteiger partial charge < -0.3 is 0 Å². The molecular weight excluding hydrogens is 493 g/mol. The van der Waals surface area contributed by atoms with E-state index in [4.69, 9.17) is 4.74 Å². The van der Waals surface area contributed by atoms with Gasteiger partial charge in [0.15, 0.2) is 0 Å². The summed E-state index contributed by atoms with van der Waals surface area (Å²) < 4.78 is 24.8. The van der Waals surface area contributed by atoms with Crippen LogP contribution in [0.1, 0.15) is 0 Å². The third-order valence-corrected chi connectivity index (χ3v) is 12.2. The van der Waals surface area contributed by atoms with Crippen LogP contribution in [0.4, 0.5) is 8.90 Å². The van der Waals surface area contributed by atoms with Crippen LogP contribution >= 0.6 is 6.91 Å². The second kappa shape index (κ2) is 9.67. The molecule has 0 N–H and O–H groups in total. The van der Waals surface area contributed by atoms with Crippen molar-refractivity contribution in [3.8, 4) is 16.9 Å². The zero-order chi connectivity index (χ0) is 25.5. The molecule has 0 heterocycles. The fraction of sp³-hybridized carbons (Fsp3) is 0.0588. The van der Waals surface area contributed by atoms with E-state index in [-0.39, 0.29) is 4.70 Å². The van der Waals surface area contributed by atoms with E-state index >= 15 is 4.20 Å². The Labute approximate surface area is 221 Å². The molecule has 1 nitrogen and oxygen atoms in total. The molecule has 0 saturated heterocycles. The molecule has 190 valence electrons. The molecule has 6 rings (SSSR count). The fourth-order valence-corrected chi connectivity index (χ4v) is 9.45. The van der Waals surface area contributed by atoms with Crippen LogP contribution in [0.25, 0.3) is 32.7 Å². The Kier molecular flexibility index (Phi) is 6.51. The van der Waals surface area contributed by atoms with Crippen LogP contribution < -0.4 is 20.7 Å². The van der Waals surface area contributed by atoms with Gasteiger partial charge >= 0.3 is 217 Å². The molecule has 0 amide bonds. The maximum Gasteiger partial charge on any atom is -0.269 e. The number of halogens is 2. The van der Waals surface area contributed by atoms with Crippen LogP contribution in [-0.2, 0) is 0 Å². The minimum atomic E-state index is -4.42. The van der Waals surface area contributed by atoms with Crippen molar-refractivity contribution >= 4 is 44.4 Å². The average molecular weight is 523 g/mol. The number of fused-ring (bicyclic) bond motifs is 2. The molecule has 0 radical (unpaired) electrons. The number of hydrogen-bond acceptors (Lipinski definition) is 1. The van der Waals surface area contributed by atoms with Gasteiger partial charge in [0.05, 0.1) is 0 Å². The summed E-state index contributed by atoms with van der Waals surface area (Å²) in [6, 6.07) is 44.0. The summed E-state index contributed by atoms with van der Waals surface area (Å²) in [5.41, 5.74) is 1.81. The van der Waals surface area contributed by atoms with Crippen molar-refractivity contribution in [2.75, 3.05) is 13.8 Å². The van der Waals surface area contributed by atoms with Crippen LogP contribution in [0.2, 0.25) is 0 Å². The van der Waals surface area contributed by atoms with Gasteiger partial charge in [0.1, 0.15) is 0 Å². The van der Waals surface area contributed by atoms with E-state index in [1.165, 1.54) is 0 Å². The Morgan fingerprint density at radius 1 is 0.526 bits per heavy atom. The smallest absolute Gasteiger partial charge is 0.269 e. The maximum absolute atomic E-state index is 18.9. The summed E-state index contributed by atoms with van der Waals surface area (Å²) >= 11 is 0. The summed E-state index contributed by atoms with van der Waals surface area (Å²) in [6.07, 6.45) is 0. The zero-order valence-electron chi connectivity index (χ0n) is 21.3. The van der Waals surface area contributed by atoms with Crippen LogP contribution in [-0.4, -0.2) is 13.8 Å². The number of ether oxygens (including phenoxy) is 1. The van der Waals surface area contributed by atoms with E-state index < -0.39 is 6.91 Å². The summed E-state index contributed by atoms with van der Waals surface area (Å²) in [4.78, 5) is 0. The van der Waals surface area contributed by atoms with E-state index in [1.807, 2.05) is 104 Å². The Bertz CT molecular complexity index is 1700. The second-order valence-electron chi connectivity index (χ2n) is 9.64. The van der Waals surface area contributed by atoms with E-state index in [0.717, 1.165) is 38.4 Å². The number of methoxy groups -OCH3 is 1. The first-order valence-electron chi connectivity index (χ1n) is 12.4. The molecule has 0 saturated carbocycles. The van der Waals surface area contributed by atoms with Crippen molar-refractivity contribution in [3.63, 3.8) is 0 Å². The molecule has 0 bridgehead atoms. The minimum Gasteiger partial charge on any atom is -0.269 e. The molecule has 0 aromatic heterocycles. The molecule has 0 spiro atoms. The zero-order valence-corrected chi connectivity index (χ0v) is 22.2. The molecule has 0 unspecified atom stereocenters. The van der Waals surface area contributed by atoms with Crippen molar-refractivity contribution in [2.45, 2.75) is 0 Å². The largest absolute Gasteiger partial charge is 0.269 e. The molecular formula is C34H29F2OP. The number of benzene rings is 6. The van der Waals surface area contributed by atoms with Gasteiger partial charge in [0, 0.05) is 0 Å². The molecule has 0 aliphatic carbocycles. The van der Waals surface area contributed by atoms with Crippen LogP contribution in [0, 0.1) is 0 Å². The SMILES string of the molecule is COc1ccc2ccccc2c1-c1c(P(C)(F)(c2ccccc2)c2ccccc2)ccc2ccccc12.F. The molecule has 0 aliphatic rings. The van der Waals surface area contributed by atoms with Gasteiger partial charge in [-0.25, -0.2) is 0 Å². The Morgan fingerprint density at radius 3 is 1.50 bits per heavy atom. The minimum absolute atomic E-state index is 0. The Hall–Kier alpha value is -4.07. The van der Waals surface area contributed by atoms with Crippen LogP contribution in [0.15, 0.2) is 133 Å². The molecule has 4 heteroatoms. The van der Waals surface area contributed by atoms with Crippen molar-refractivity contribution in [1.82, 2.24) is 0 Å². The fourth-order valence-electron chi connectivity index (χ4n) is 5.64. The molecule has 0 atom stereocenters. The maximum atomic E-state index is 18.9. The van der Waals surface area contributed by atoms with Crippen LogP contribution in [0.3, 0.4) is 0 Å². The van der Waals surface area contributed by atoms with Gasteiger partial charge in [0.25, 0.3) is 0 Å². The molecule has 0 aliphatic heterocycles. The van der Waals surface area contributed by atoms with Gasteiger partial charge in [-0.1, -0.05) is 0 Å². The predicted octanol–water partition coefficient (Wildman–Crippen LogP) is 8.17. The third kappa shape index (κ3) is 3.78.